The zero-order valence-electron chi connectivity index (χ0n) is 23.6. The Labute approximate surface area is 231 Å². The molecule has 2 heterocycles. The van der Waals surface area contributed by atoms with Crippen molar-refractivity contribution in [2.75, 3.05) is 6.54 Å². The van der Waals surface area contributed by atoms with Gasteiger partial charge in [0.05, 0.1) is 17.8 Å². The summed E-state index contributed by atoms with van der Waals surface area (Å²) < 4.78 is 45.3. The van der Waals surface area contributed by atoms with E-state index in [-0.39, 0.29) is 36.1 Å². The number of piperidine rings is 1. The van der Waals surface area contributed by atoms with Gasteiger partial charge in [0.25, 0.3) is 0 Å². The normalized spacial score (nSPS) is 31.2. The second-order valence-electron chi connectivity index (χ2n) is 13.3. The number of alkyl halides is 3. The minimum atomic E-state index is -5.21. The zero-order valence-corrected chi connectivity index (χ0v) is 23.6. The minimum Gasteiger partial charge on any atom is -0.370 e. The van der Waals surface area contributed by atoms with Crippen molar-refractivity contribution in [3.05, 3.63) is 0 Å². The van der Waals surface area contributed by atoms with Crippen molar-refractivity contribution in [3.8, 4) is 6.07 Å². The van der Waals surface area contributed by atoms with Crippen LogP contribution in [0, 0.1) is 34.5 Å². The number of ether oxygens (including phenoxy) is 1. The molecule has 222 valence electrons. The summed E-state index contributed by atoms with van der Waals surface area (Å²) in [6, 6.07) is -1.70. The molecule has 2 saturated heterocycles. The molecule has 0 aromatic heterocycles. The van der Waals surface area contributed by atoms with Crippen molar-refractivity contribution in [1.82, 2.24) is 20.9 Å². The van der Waals surface area contributed by atoms with Crippen LogP contribution in [0.3, 0.4) is 0 Å². The Morgan fingerprint density at radius 2 is 1.80 bits per heavy atom. The SMILES string of the molecule is C[C@@H](OC1(C)CC1)[C@H](NC(=O)C(F)(F)F)C(=O)N1C[C@H]2[C@@H]([C@@H]1C(=O)N[C@H](C#N)C[C@@H]1CC(C)(C)NC1=O)C2(C)C. The molecule has 0 spiro atoms. The number of amides is 4. The summed E-state index contributed by atoms with van der Waals surface area (Å²) >= 11 is 0. The standard InChI is InChI=1S/C27H38F3N5O5/c1-13(40-26(6)7-8-26)18(33-23(39)27(28,29)30)22(38)35-12-16-17(25(16,4)5)19(35)21(37)32-15(11-31)9-14-10-24(2,3)34-20(14)36/h13-19H,7-10,12H2,1-6H3,(H,32,37)(H,33,39)(H,34,36)/t13-,14-,15+,16+,17+,18+,19-/m1/s1. The van der Waals surface area contributed by atoms with Gasteiger partial charge in [-0.25, -0.2) is 0 Å². The number of halogens is 3. The molecule has 10 nitrogen and oxygen atoms in total. The van der Waals surface area contributed by atoms with Crippen molar-refractivity contribution in [2.45, 2.75) is 109 Å². The Balaban J connectivity index is 1.53. The van der Waals surface area contributed by atoms with Crippen LogP contribution in [0.25, 0.3) is 0 Å². The second kappa shape index (κ2) is 9.89. The lowest BCUT2D eigenvalue weighted by molar-refractivity contribution is -0.177. The molecule has 2 aliphatic carbocycles. The van der Waals surface area contributed by atoms with E-state index in [9.17, 15) is 37.6 Å². The van der Waals surface area contributed by atoms with Crippen molar-refractivity contribution in [2.24, 2.45) is 23.2 Å². The quantitative estimate of drug-likeness (QED) is 0.387. The number of nitrogens with zero attached hydrogens (tertiary/aromatic N) is 2. The van der Waals surface area contributed by atoms with Crippen LogP contribution in [0.2, 0.25) is 0 Å². The first-order valence-corrected chi connectivity index (χ1v) is 13.7. The third kappa shape index (κ3) is 5.92. The molecule has 0 aromatic carbocycles. The first kappa shape index (κ1) is 30.1. The molecule has 2 saturated carbocycles. The third-order valence-electron chi connectivity index (χ3n) is 9.05. The van der Waals surface area contributed by atoms with E-state index >= 15 is 0 Å². The summed E-state index contributed by atoms with van der Waals surface area (Å²) in [5.41, 5.74) is -1.32. The lowest BCUT2D eigenvalue weighted by atomic mass is 9.91. The first-order chi connectivity index (χ1) is 18.3. The van der Waals surface area contributed by atoms with Gasteiger partial charge in [-0.2, -0.15) is 18.4 Å². The average Bonchev–Trinajstić information content (AvgIpc) is 3.53. The molecule has 7 atom stereocenters. The predicted octanol–water partition coefficient (Wildman–Crippen LogP) is 1.79. The van der Waals surface area contributed by atoms with E-state index in [4.69, 9.17) is 4.74 Å². The van der Waals surface area contributed by atoms with Gasteiger partial charge in [-0.15, -0.1) is 0 Å². The zero-order chi connectivity index (χ0) is 30.0. The molecule has 0 aromatic rings. The molecule has 0 bridgehead atoms. The number of hydrogen-bond acceptors (Lipinski definition) is 6. The van der Waals surface area contributed by atoms with E-state index in [0.717, 1.165) is 0 Å². The van der Waals surface area contributed by atoms with Crippen molar-refractivity contribution >= 4 is 23.6 Å². The molecule has 0 radical (unpaired) electrons. The molecule has 4 amide bonds. The lowest BCUT2D eigenvalue weighted by Crippen LogP contribution is -2.61. The number of rotatable bonds is 9. The summed E-state index contributed by atoms with van der Waals surface area (Å²) in [6.07, 6.45) is -4.38. The van der Waals surface area contributed by atoms with Gasteiger partial charge in [0.1, 0.15) is 18.1 Å². The van der Waals surface area contributed by atoms with Crippen LogP contribution in [0.1, 0.15) is 67.2 Å². The van der Waals surface area contributed by atoms with Crippen LogP contribution in [0.5, 0.6) is 0 Å². The number of carbonyl (C=O) groups excluding carboxylic acids is 4. The van der Waals surface area contributed by atoms with Crippen molar-refractivity contribution in [3.63, 3.8) is 0 Å². The van der Waals surface area contributed by atoms with Crippen LogP contribution in [0.4, 0.5) is 13.2 Å². The summed E-state index contributed by atoms with van der Waals surface area (Å²) in [5.74, 6) is -4.76. The maximum Gasteiger partial charge on any atom is 0.471 e. The third-order valence-corrected chi connectivity index (χ3v) is 9.05. The maximum absolute atomic E-state index is 13.8. The molecule has 4 fully saturated rings. The Morgan fingerprint density at radius 3 is 2.30 bits per heavy atom. The molecule has 2 aliphatic heterocycles. The van der Waals surface area contributed by atoms with Crippen LogP contribution >= 0.6 is 0 Å². The van der Waals surface area contributed by atoms with Gasteiger partial charge in [0, 0.05) is 18.0 Å². The fourth-order valence-electron chi connectivity index (χ4n) is 6.48. The van der Waals surface area contributed by atoms with Gasteiger partial charge >= 0.3 is 12.1 Å². The number of nitrogens with one attached hydrogen (secondary N) is 3. The van der Waals surface area contributed by atoms with Gasteiger partial charge in [-0.3, -0.25) is 19.2 Å². The number of hydrogen-bond donors (Lipinski definition) is 3. The molecular weight excluding hydrogens is 531 g/mol. The fraction of sp³-hybridized carbons (Fsp3) is 0.815. The number of nitriles is 1. The highest BCUT2D eigenvalue weighted by atomic mass is 19.4. The largest absolute Gasteiger partial charge is 0.471 e. The van der Waals surface area contributed by atoms with E-state index < -0.39 is 65.2 Å². The van der Waals surface area contributed by atoms with E-state index in [1.807, 2.05) is 33.8 Å². The van der Waals surface area contributed by atoms with Crippen molar-refractivity contribution in [1.29, 1.82) is 5.26 Å². The topological polar surface area (TPSA) is 141 Å². The molecule has 40 heavy (non-hydrogen) atoms. The number of carbonyl (C=O) groups is 4. The van der Waals surface area contributed by atoms with Crippen LogP contribution in [0.15, 0.2) is 0 Å². The van der Waals surface area contributed by atoms with Crippen LogP contribution in [-0.4, -0.2) is 76.6 Å². The lowest BCUT2D eigenvalue weighted by Gasteiger charge is -2.35. The Morgan fingerprint density at radius 1 is 1.18 bits per heavy atom. The fourth-order valence-corrected chi connectivity index (χ4v) is 6.48. The van der Waals surface area contributed by atoms with Gasteiger partial charge in [-0.05, 0) is 70.6 Å². The summed E-state index contributed by atoms with van der Waals surface area (Å²) in [4.78, 5) is 52.8. The van der Waals surface area contributed by atoms with Gasteiger partial charge in [0.2, 0.25) is 17.7 Å². The molecule has 0 unspecified atom stereocenters. The average molecular weight is 570 g/mol. The smallest absolute Gasteiger partial charge is 0.370 e. The molecule has 4 rings (SSSR count). The Kier molecular flexibility index (Phi) is 7.44. The highest BCUT2D eigenvalue weighted by molar-refractivity contribution is 5.95. The van der Waals surface area contributed by atoms with Crippen LogP contribution in [-0.2, 0) is 23.9 Å². The molecule has 3 N–H and O–H groups in total. The number of fused-ring (bicyclic) bond motifs is 1. The van der Waals surface area contributed by atoms with E-state index in [2.05, 4.69) is 10.6 Å². The Bertz CT molecular complexity index is 1130. The van der Waals surface area contributed by atoms with Gasteiger partial charge in [-0.1, -0.05) is 13.8 Å². The monoisotopic (exact) mass is 569 g/mol. The minimum absolute atomic E-state index is 0.0784. The van der Waals surface area contributed by atoms with E-state index in [1.165, 1.54) is 11.8 Å². The second-order valence-corrected chi connectivity index (χ2v) is 13.3. The highest BCUT2D eigenvalue weighted by Crippen LogP contribution is 2.65. The van der Waals surface area contributed by atoms with E-state index in [0.29, 0.717) is 19.3 Å². The first-order valence-electron chi connectivity index (χ1n) is 13.7. The Hall–Kier alpha value is -2.88. The van der Waals surface area contributed by atoms with Crippen LogP contribution < -0.4 is 16.0 Å². The van der Waals surface area contributed by atoms with Crippen molar-refractivity contribution < 1.29 is 37.1 Å². The molecule has 13 heteroatoms. The molecule has 4 aliphatic rings. The van der Waals surface area contributed by atoms with Gasteiger partial charge in [0.15, 0.2) is 0 Å². The highest BCUT2D eigenvalue weighted by Gasteiger charge is 2.70. The predicted molar refractivity (Wildman–Crippen MR) is 135 cm³/mol. The maximum atomic E-state index is 13.8. The van der Waals surface area contributed by atoms with E-state index in [1.54, 1.807) is 12.2 Å². The number of likely N-dealkylation sites (tertiary alicyclic amines) is 1. The molecular formula is C27H38F3N5O5. The summed E-state index contributed by atoms with van der Waals surface area (Å²) in [5, 5.41) is 17.1. The van der Waals surface area contributed by atoms with Gasteiger partial charge < -0.3 is 25.6 Å². The summed E-state index contributed by atoms with van der Waals surface area (Å²) in [6.45, 7) is 10.9. The summed E-state index contributed by atoms with van der Waals surface area (Å²) in [7, 11) is 0.